The molecule has 15 aromatic carbocycles. The third kappa shape index (κ3) is 13.3. The van der Waals surface area contributed by atoms with Crippen LogP contribution >= 0.6 is 0 Å². The van der Waals surface area contributed by atoms with Crippen LogP contribution in [0.1, 0.15) is 0 Å². The van der Waals surface area contributed by atoms with Gasteiger partial charge in [0.1, 0.15) is 17.2 Å². The molecular formula is C108H66N16. The zero-order chi connectivity index (χ0) is 82.0. The van der Waals surface area contributed by atoms with Crippen LogP contribution in [0, 0.1) is 0 Å². The molecule has 0 spiro atoms. The highest BCUT2D eigenvalue weighted by molar-refractivity contribution is 6.10. The first-order chi connectivity index (χ1) is 61.4. The first kappa shape index (κ1) is 72.0. The number of para-hydroxylation sites is 5. The molecule has 0 amide bonds. The lowest BCUT2D eigenvalue weighted by atomic mass is 9.98. The van der Waals surface area contributed by atoms with Gasteiger partial charge in [-0.3, -0.25) is 4.57 Å². The van der Waals surface area contributed by atoms with Crippen LogP contribution in [0.15, 0.2) is 400 Å². The van der Waals surface area contributed by atoms with Crippen LogP contribution in [0.5, 0.6) is 0 Å². The van der Waals surface area contributed by atoms with Crippen molar-refractivity contribution < 1.29 is 0 Å². The summed E-state index contributed by atoms with van der Waals surface area (Å²) in [5.74, 6) is 5.58. The quantitative estimate of drug-likeness (QED) is 0.0888. The molecule has 0 unspecified atom stereocenters. The molecular weight excluding hydrogens is 1520 g/mol. The molecule has 0 aliphatic heterocycles. The van der Waals surface area contributed by atoms with Crippen LogP contribution in [0.3, 0.4) is 0 Å². The molecule has 23 aromatic rings. The van der Waals surface area contributed by atoms with Gasteiger partial charge in [0.15, 0.2) is 58.2 Å². The lowest BCUT2D eigenvalue weighted by molar-refractivity contribution is 1.02. The topological polar surface area (TPSA) is 190 Å². The normalized spacial score (nSPS) is 11.5. The Bertz CT molecular complexity index is 7970. The van der Waals surface area contributed by atoms with Crippen molar-refractivity contribution in [1.29, 1.82) is 0 Å². The number of hydrogen-bond donors (Lipinski definition) is 0. The summed E-state index contributed by atoms with van der Waals surface area (Å²) in [6.07, 6.45) is 0. The molecule has 0 saturated heterocycles. The predicted octanol–water partition coefficient (Wildman–Crippen LogP) is 25.1. The monoisotopic (exact) mass is 1590 g/mol. The zero-order valence-corrected chi connectivity index (χ0v) is 66.3. The number of aromatic nitrogens is 16. The largest absolute Gasteiger partial charge is 0.309 e. The van der Waals surface area contributed by atoms with Crippen molar-refractivity contribution >= 4 is 65.4 Å². The summed E-state index contributed by atoms with van der Waals surface area (Å²) in [7, 11) is 0. The highest BCUT2D eigenvalue weighted by atomic mass is 15.1. The van der Waals surface area contributed by atoms with Crippen molar-refractivity contribution in [1.82, 2.24) is 78.9 Å². The molecule has 0 aliphatic rings. The van der Waals surface area contributed by atoms with Crippen molar-refractivity contribution in [2.45, 2.75) is 0 Å². The maximum absolute atomic E-state index is 5.54. The van der Waals surface area contributed by atoms with Gasteiger partial charge in [-0.25, -0.2) is 69.8 Å². The summed E-state index contributed by atoms with van der Waals surface area (Å²) in [5.41, 5.74) is 21.5. The number of rotatable bonds is 16. The van der Waals surface area contributed by atoms with Gasteiger partial charge in [-0.2, -0.15) is 0 Å². The molecule has 0 bridgehead atoms. The van der Waals surface area contributed by atoms with Gasteiger partial charge < -0.3 is 4.57 Å². The number of fused-ring (bicyclic) bond motifs is 8. The van der Waals surface area contributed by atoms with Crippen LogP contribution in [0.25, 0.3) is 236 Å². The summed E-state index contributed by atoms with van der Waals surface area (Å²) in [6, 6.07) is 136. The Morgan fingerprint density at radius 3 is 0.919 bits per heavy atom. The zero-order valence-electron chi connectivity index (χ0n) is 66.3. The Kier molecular flexibility index (Phi) is 17.8. The van der Waals surface area contributed by atoms with E-state index in [1.807, 2.05) is 206 Å². The van der Waals surface area contributed by atoms with Gasteiger partial charge >= 0.3 is 0 Å². The Labute approximate surface area is 710 Å². The van der Waals surface area contributed by atoms with Crippen LogP contribution in [-0.2, 0) is 0 Å². The molecule has 124 heavy (non-hydrogen) atoms. The van der Waals surface area contributed by atoms with E-state index in [1.165, 1.54) is 10.8 Å². The van der Waals surface area contributed by atoms with Crippen LogP contribution in [0.4, 0.5) is 0 Å². The fourth-order valence-corrected chi connectivity index (χ4v) is 16.7. The van der Waals surface area contributed by atoms with Crippen molar-refractivity contribution in [3.05, 3.63) is 400 Å². The van der Waals surface area contributed by atoms with Crippen molar-refractivity contribution in [3.8, 4) is 171 Å². The van der Waals surface area contributed by atoms with Gasteiger partial charge in [0.25, 0.3) is 0 Å². The molecule has 0 radical (unpaired) electrons. The van der Waals surface area contributed by atoms with E-state index in [9.17, 15) is 0 Å². The lowest BCUT2D eigenvalue weighted by Crippen LogP contribution is -2.05. The predicted molar refractivity (Wildman–Crippen MR) is 495 cm³/mol. The Balaban J connectivity index is 0.615. The fourth-order valence-electron chi connectivity index (χ4n) is 16.7. The van der Waals surface area contributed by atoms with E-state index in [4.69, 9.17) is 69.8 Å². The van der Waals surface area contributed by atoms with Crippen LogP contribution < -0.4 is 0 Å². The van der Waals surface area contributed by atoms with E-state index in [-0.39, 0.29) is 0 Å². The molecule has 8 heterocycles. The second-order valence-corrected chi connectivity index (χ2v) is 30.4. The molecule has 0 saturated carbocycles. The SMILES string of the molecule is c1ccc(-c2nc(-c3ccc(-n4c5ccccc5c5ccccc54)cc3)cc(-c3nc(-c4ccccc4)nc(-c4ccc(-c5nc(-c6ccccc6)nc6cc(-c7cccc(-c8nc(-c9nc(-c%10ccccc%10)nc(-c%10ccc(-c%11nc(-c%12ccccc%12)nc%12ccccc%11%12)cc%10)n9)cc(-n9c%10ccccc%10c%10ccccc%109)n8)c7)ccc56)cc4)n3)n2)cc1. The molecule has 578 valence electrons. The minimum atomic E-state index is 0.371. The maximum atomic E-state index is 5.54. The lowest BCUT2D eigenvalue weighted by Gasteiger charge is -2.14. The summed E-state index contributed by atoms with van der Waals surface area (Å²) in [6.45, 7) is 0. The number of benzene rings is 15. The maximum Gasteiger partial charge on any atom is 0.182 e. The van der Waals surface area contributed by atoms with Crippen molar-refractivity contribution in [2.75, 3.05) is 0 Å². The number of hydrogen-bond acceptors (Lipinski definition) is 14. The molecule has 8 aromatic heterocycles. The fraction of sp³-hybridized carbons (Fsp3) is 0. The first-order valence-corrected chi connectivity index (χ1v) is 41.0. The molecule has 16 nitrogen and oxygen atoms in total. The highest BCUT2D eigenvalue weighted by Gasteiger charge is 2.25. The Morgan fingerprint density at radius 2 is 0.452 bits per heavy atom. The summed E-state index contributed by atoms with van der Waals surface area (Å²) >= 11 is 0. The summed E-state index contributed by atoms with van der Waals surface area (Å²) < 4.78 is 4.52. The summed E-state index contributed by atoms with van der Waals surface area (Å²) in [5, 5.41) is 6.40. The van der Waals surface area contributed by atoms with Crippen LogP contribution in [0.2, 0.25) is 0 Å². The van der Waals surface area contributed by atoms with Gasteiger partial charge in [0.2, 0.25) is 0 Å². The molecule has 0 atom stereocenters. The molecule has 0 N–H and O–H groups in total. The van der Waals surface area contributed by atoms with E-state index in [0.29, 0.717) is 75.4 Å². The smallest absolute Gasteiger partial charge is 0.182 e. The van der Waals surface area contributed by atoms with Gasteiger partial charge in [-0.15, -0.1) is 0 Å². The highest BCUT2D eigenvalue weighted by Crippen LogP contribution is 2.41. The van der Waals surface area contributed by atoms with Gasteiger partial charge in [0, 0.05) is 105 Å². The first-order valence-electron chi connectivity index (χ1n) is 41.0. The van der Waals surface area contributed by atoms with Crippen LogP contribution in [-0.4, -0.2) is 78.9 Å². The Morgan fingerprint density at radius 1 is 0.145 bits per heavy atom. The summed E-state index contributed by atoms with van der Waals surface area (Å²) in [4.78, 5) is 74.0. The standard InChI is InChI=1S/C108H66N16/c1-6-27-70(28-7-1)99-110-88(67-57-60-80(61-58-67)123-92-45-22-17-39-81(92)82-40-18-23-46-93(82)123)65-90(112-99)107-119-102(73-33-12-4-13-34-73)117-104(121-107)75-55-51-69(52-56-75)98-86-62-59-78(64-89(86)111-101(116-98)72-31-10-3-11-32-72)77-37-26-38-79(63-77)106-113-91(66-96(114-106)124-94-47-24-19-41-83(94)84-42-20-25-48-95(84)124)108-120-103(74-35-14-5-15-36-74)118-105(122-108)76-53-49-68(50-54-76)97-85-43-16-21-44-87(85)109-100(115-97)71-29-8-2-9-30-71/h1-66H. The van der Waals surface area contributed by atoms with Gasteiger partial charge in [-0.05, 0) is 77.9 Å². The molecule has 23 rings (SSSR count). The third-order valence-electron chi connectivity index (χ3n) is 22.7. The number of nitrogens with zero attached hydrogens (tertiary/aromatic N) is 16. The van der Waals surface area contributed by atoms with E-state index in [0.717, 1.165) is 150 Å². The van der Waals surface area contributed by atoms with Crippen molar-refractivity contribution in [3.63, 3.8) is 0 Å². The minimum absolute atomic E-state index is 0.371. The van der Waals surface area contributed by atoms with Crippen molar-refractivity contribution in [2.24, 2.45) is 0 Å². The van der Waals surface area contributed by atoms with E-state index in [2.05, 4.69) is 203 Å². The Hall–Kier alpha value is -17.2. The van der Waals surface area contributed by atoms with E-state index < -0.39 is 0 Å². The van der Waals surface area contributed by atoms with E-state index in [1.54, 1.807) is 0 Å². The van der Waals surface area contributed by atoms with Gasteiger partial charge in [-0.1, -0.05) is 328 Å². The second kappa shape index (κ2) is 30.6. The third-order valence-corrected chi connectivity index (χ3v) is 22.7. The molecule has 16 heteroatoms. The minimum Gasteiger partial charge on any atom is -0.309 e. The average molecular weight is 1590 g/mol. The van der Waals surface area contributed by atoms with E-state index >= 15 is 0 Å². The molecule has 0 aliphatic carbocycles. The average Bonchev–Trinajstić information content (AvgIpc) is 1.46. The van der Waals surface area contributed by atoms with Gasteiger partial charge in [0.05, 0.1) is 50.2 Å². The second-order valence-electron chi connectivity index (χ2n) is 30.4. The molecule has 0 fully saturated rings.